The molecule has 0 fully saturated rings. The van der Waals surface area contributed by atoms with E-state index in [1.165, 1.54) is 0 Å². The molecule has 0 saturated heterocycles. The van der Waals surface area contributed by atoms with Crippen LogP contribution in [0.3, 0.4) is 0 Å². The molecule has 0 aliphatic heterocycles. The van der Waals surface area contributed by atoms with Crippen molar-refractivity contribution in [1.29, 1.82) is 0 Å². The number of nitro benzene ring substituents is 1. The molecule has 0 aliphatic carbocycles. The van der Waals surface area contributed by atoms with Gasteiger partial charge >= 0.3 is 0 Å². The number of nitro groups is 1. The molecule has 1 aromatic rings. The van der Waals surface area contributed by atoms with Crippen LogP contribution in [-0.4, -0.2) is 24.6 Å². The Bertz CT molecular complexity index is 419. The Labute approximate surface area is 108 Å². The molecule has 18 heavy (non-hydrogen) atoms. The Kier molecular flexibility index (Phi) is 4.95. The highest BCUT2D eigenvalue weighted by molar-refractivity contribution is 5.64. The zero-order chi connectivity index (χ0) is 13.7. The Hall–Kier alpha value is -1.78. The summed E-state index contributed by atoms with van der Waals surface area (Å²) >= 11 is 0. The predicted octanol–water partition coefficient (Wildman–Crippen LogP) is 3.26. The van der Waals surface area contributed by atoms with Crippen LogP contribution >= 0.6 is 0 Å². The van der Waals surface area contributed by atoms with Crippen molar-refractivity contribution < 1.29 is 4.92 Å². The van der Waals surface area contributed by atoms with E-state index in [9.17, 15) is 10.1 Å². The minimum atomic E-state index is -0.352. The zero-order valence-electron chi connectivity index (χ0n) is 11.4. The lowest BCUT2D eigenvalue weighted by Gasteiger charge is -2.28. The standard InChI is InChI=1S/C13H21N3O2/c1-5-6-15(10(2)3)12-7-11(14-4)8-13(9-12)16(17)18/h7-10,14H,5-6H2,1-4H3. The Balaban J connectivity index is 3.20. The van der Waals surface area contributed by atoms with E-state index in [4.69, 9.17) is 0 Å². The Morgan fingerprint density at radius 3 is 2.50 bits per heavy atom. The number of nitrogens with one attached hydrogen (secondary N) is 1. The van der Waals surface area contributed by atoms with Crippen molar-refractivity contribution in [3.8, 4) is 0 Å². The fourth-order valence-corrected chi connectivity index (χ4v) is 1.94. The molecule has 0 aromatic heterocycles. The third-order valence-corrected chi connectivity index (χ3v) is 2.82. The molecule has 0 heterocycles. The summed E-state index contributed by atoms with van der Waals surface area (Å²) in [4.78, 5) is 12.8. The van der Waals surface area contributed by atoms with E-state index in [1.54, 1.807) is 19.2 Å². The lowest BCUT2D eigenvalue weighted by atomic mass is 10.2. The van der Waals surface area contributed by atoms with E-state index in [0.717, 1.165) is 24.3 Å². The summed E-state index contributed by atoms with van der Waals surface area (Å²) in [5.41, 5.74) is 1.78. The highest BCUT2D eigenvalue weighted by atomic mass is 16.6. The van der Waals surface area contributed by atoms with Crippen LogP contribution in [0.2, 0.25) is 0 Å². The number of anilines is 2. The van der Waals surface area contributed by atoms with E-state index in [2.05, 4.69) is 31.0 Å². The van der Waals surface area contributed by atoms with Crippen molar-refractivity contribution in [2.45, 2.75) is 33.2 Å². The second-order valence-electron chi connectivity index (χ2n) is 4.53. The molecule has 0 spiro atoms. The van der Waals surface area contributed by atoms with Gasteiger partial charge in [-0.3, -0.25) is 10.1 Å². The third-order valence-electron chi connectivity index (χ3n) is 2.82. The van der Waals surface area contributed by atoms with Crippen LogP contribution in [0.1, 0.15) is 27.2 Å². The molecule has 5 heteroatoms. The first-order valence-corrected chi connectivity index (χ1v) is 6.23. The molecule has 0 saturated carbocycles. The minimum absolute atomic E-state index is 0.124. The molecule has 0 bridgehead atoms. The number of rotatable bonds is 6. The largest absolute Gasteiger partial charge is 0.388 e. The van der Waals surface area contributed by atoms with Gasteiger partial charge in [0.25, 0.3) is 5.69 Å². The second-order valence-corrected chi connectivity index (χ2v) is 4.53. The Morgan fingerprint density at radius 2 is 2.06 bits per heavy atom. The van der Waals surface area contributed by atoms with Gasteiger partial charge in [-0.1, -0.05) is 6.92 Å². The maximum absolute atomic E-state index is 10.9. The van der Waals surface area contributed by atoms with E-state index in [0.29, 0.717) is 6.04 Å². The molecule has 0 aliphatic rings. The smallest absolute Gasteiger partial charge is 0.273 e. The minimum Gasteiger partial charge on any atom is -0.388 e. The summed E-state index contributed by atoms with van der Waals surface area (Å²) in [6.45, 7) is 7.18. The van der Waals surface area contributed by atoms with Gasteiger partial charge in [-0.25, -0.2) is 0 Å². The van der Waals surface area contributed by atoms with Crippen LogP contribution in [0, 0.1) is 10.1 Å². The van der Waals surface area contributed by atoms with Gasteiger partial charge < -0.3 is 10.2 Å². The lowest BCUT2D eigenvalue weighted by Crippen LogP contribution is -2.31. The molecule has 0 unspecified atom stereocenters. The van der Waals surface area contributed by atoms with Gasteiger partial charge in [0.1, 0.15) is 0 Å². The molecular weight excluding hydrogens is 230 g/mol. The summed E-state index contributed by atoms with van der Waals surface area (Å²) in [5, 5.41) is 13.9. The molecule has 0 atom stereocenters. The number of nitrogens with zero attached hydrogens (tertiary/aromatic N) is 2. The van der Waals surface area contributed by atoms with Crippen molar-refractivity contribution in [3.05, 3.63) is 28.3 Å². The average Bonchev–Trinajstić information content (AvgIpc) is 2.34. The summed E-state index contributed by atoms with van der Waals surface area (Å²) in [6.07, 6.45) is 1.01. The third kappa shape index (κ3) is 3.35. The van der Waals surface area contributed by atoms with Gasteiger partial charge in [-0.05, 0) is 26.3 Å². The van der Waals surface area contributed by atoms with Crippen LogP contribution in [0.5, 0.6) is 0 Å². The average molecular weight is 251 g/mol. The van der Waals surface area contributed by atoms with Crippen molar-refractivity contribution in [2.75, 3.05) is 23.8 Å². The summed E-state index contributed by atoms with van der Waals surface area (Å²) in [6, 6.07) is 5.45. The summed E-state index contributed by atoms with van der Waals surface area (Å²) in [5.74, 6) is 0. The first-order valence-electron chi connectivity index (χ1n) is 6.23. The normalized spacial score (nSPS) is 10.5. The van der Waals surface area contributed by atoms with Crippen molar-refractivity contribution in [2.24, 2.45) is 0 Å². The number of benzene rings is 1. The first-order chi connectivity index (χ1) is 8.49. The highest BCUT2D eigenvalue weighted by Crippen LogP contribution is 2.28. The molecule has 100 valence electrons. The summed E-state index contributed by atoms with van der Waals surface area (Å²) < 4.78 is 0. The van der Waals surface area contributed by atoms with E-state index in [-0.39, 0.29) is 10.6 Å². The van der Waals surface area contributed by atoms with Crippen LogP contribution in [0.4, 0.5) is 17.1 Å². The number of hydrogen-bond donors (Lipinski definition) is 1. The molecule has 1 N–H and O–H groups in total. The Morgan fingerprint density at radius 1 is 1.39 bits per heavy atom. The van der Waals surface area contributed by atoms with Crippen molar-refractivity contribution in [3.63, 3.8) is 0 Å². The van der Waals surface area contributed by atoms with Crippen molar-refractivity contribution in [1.82, 2.24) is 0 Å². The molecule has 0 amide bonds. The van der Waals surface area contributed by atoms with Gasteiger partial charge in [-0.15, -0.1) is 0 Å². The molecular formula is C13H21N3O2. The van der Waals surface area contributed by atoms with E-state index < -0.39 is 0 Å². The zero-order valence-corrected chi connectivity index (χ0v) is 11.4. The number of non-ortho nitro benzene ring substituents is 1. The summed E-state index contributed by atoms with van der Waals surface area (Å²) in [7, 11) is 1.77. The fraction of sp³-hybridized carbons (Fsp3) is 0.538. The lowest BCUT2D eigenvalue weighted by molar-refractivity contribution is -0.384. The molecule has 5 nitrogen and oxygen atoms in total. The molecule has 0 radical (unpaired) electrons. The topological polar surface area (TPSA) is 58.4 Å². The molecule has 1 aromatic carbocycles. The van der Waals surface area contributed by atoms with Gasteiger partial charge in [0.05, 0.1) is 4.92 Å². The first kappa shape index (κ1) is 14.3. The van der Waals surface area contributed by atoms with Gasteiger partial charge in [0, 0.05) is 43.1 Å². The highest BCUT2D eigenvalue weighted by Gasteiger charge is 2.15. The van der Waals surface area contributed by atoms with Crippen LogP contribution < -0.4 is 10.2 Å². The van der Waals surface area contributed by atoms with E-state index in [1.807, 2.05) is 6.07 Å². The van der Waals surface area contributed by atoms with Gasteiger partial charge in [-0.2, -0.15) is 0 Å². The number of hydrogen-bond acceptors (Lipinski definition) is 4. The van der Waals surface area contributed by atoms with Crippen LogP contribution in [0.15, 0.2) is 18.2 Å². The maximum atomic E-state index is 10.9. The van der Waals surface area contributed by atoms with Crippen LogP contribution in [-0.2, 0) is 0 Å². The van der Waals surface area contributed by atoms with Crippen LogP contribution in [0.25, 0.3) is 0 Å². The monoisotopic (exact) mass is 251 g/mol. The second kappa shape index (κ2) is 6.23. The SMILES string of the molecule is CCCN(c1cc(NC)cc([N+](=O)[O-])c1)C(C)C. The molecule has 1 rings (SSSR count). The predicted molar refractivity (Wildman–Crippen MR) is 75.4 cm³/mol. The van der Waals surface area contributed by atoms with Gasteiger partial charge in [0.2, 0.25) is 0 Å². The quantitative estimate of drug-likeness (QED) is 0.622. The van der Waals surface area contributed by atoms with Gasteiger partial charge in [0.15, 0.2) is 0 Å². The fourth-order valence-electron chi connectivity index (χ4n) is 1.94. The maximum Gasteiger partial charge on any atom is 0.273 e. The van der Waals surface area contributed by atoms with E-state index >= 15 is 0 Å². The van der Waals surface area contributed by atoms with Crippen molar-refractivity contribution >= 4 is 17.1 Å².